The second kappa shape index (κ2) is 6.30. The van der Waals surface area contributed by atoms with Crippen molar-refractivity contribution in [1.82, 2.24) is 0 Å². The lowest BCUT2D eigenvalue weighted by Crippen LogP contribution is -2.22. The van der Waals surface area contributed by atoms with Crippen LogP contribution in [0.4, 0.5) is 5.69 Å². The molecule has 0 aromatic heterocycles. The molecule has 0 unspecified atom stereocenters. The maximum Gasteiger partial charge on any atom is 0.161 e. The van der Waals surface area contributed by atoms with Crippen LogP contribution in [0, 0.1) is 0 Å². The molecule has 16 heavy (non-hydrogen) atoms. The number of nitrogens with zero attached hydrogens (tertiary/aromatic N) is 1. The number of rotatable bonds is 5. The van der Waals surface area contributed by atoms with Crippen LogP contribution >= 0.6 is 27.7 Å². The fourth-order valence-corrected chi connectivity index (χ4v) is 2.27. The molecule has 0 bridgehead atoms. The normalized spacial score (nSPS) is 10.2. The van der Waals surface area contributed by atoms with Gasteiger partial charge in [0.1, 0.15) is 0 Å². The number of Topliss-reactive ketones (excluding diaryl/α,β-unsaturated/α-hetero) is 1. The van der Waals surface area contributed by atoms with Crippen molar-refractivity contribution in [1.29, 1.82) is 0 Å². The first kappa shape index (κ1) is 13.6. The minimum Gasteiger partial charge on any atom is -0.373 e. The molecule has 1 rings (SSSR count). The smallest absolute Gasteiger partial charge is 0.161 e. The second-order valence-electron chi connectivity index (χ2n) is 3.63. The molecule has 88 valence electrons. The van der Waals surface area contributed by atoms with Crippen LogP contribution in [0.5, 0.6) is 0 Å². The van der Waals surface area contributed by atoms with E-state index >= 15 is 0 Å². The van der Waals surface area contributed by atoms with Crippen LogP contribution in [0.3, 0.4) is 0 Å². The number of ketones is 1. The SMILES string of the molecule is CSCCN(C)c1cc(Br)ccc1C(C)=O. The minimum atomic E-state index is 0.110. The van der Waals surface area contributed by atoms with Crippen molar-refractivity contribution >= 4 is 39.2 Å². The van der Waals surface area contributed by atoms with Crippen molar-refractivity contribution in [3.63, 3.8) is 0 Å². The highest BCUT2D eigenvalue weighted by atomic mass is 79.9. The summed E-state index contributed by atoms with van der Waals surface area (Å²) in [6.07, 6.45) is 2.08. The van der Waals surface area contributed by atoms with E-state index in [1.54, 1.807) is 18.7 Å². The van der Waals surface area contributed by atoms with Crippen LogP contribution < -0.4 is 4.90 Å². The van der Waals surface area contributed by atoms with Crippen molar-refractivity contribution in [2.45, 2.75) is 6.92 Å². The molecular weight excluding hydrogens is 286 g/mol. The Labute approximate surface area is 110 Å². The van der Waals surface area contributed by atoms with Crippen LogP contribution in [0.15, 0.2) is 22.7 Å². The fraction of sp³-hybridized carbons (Fsp3) is 0.417. The lowest BCUT2D eigenvalue weighted by Gasteiger charge is -2.21. The molecule has 0 radical (unpaired) electrons. The first-order valence-corrected chi connectivity index (χ1v) is 7.25. The fourth-order valence-electron chi connectivity index (χ4n) is 1.47. The van der Waals surface area contributed by atoms with E-state index in [1.807, 2.05) is 25.2 Å². The van der Waals surface area contributed by atoms with Gasteiger partial charge in [0.25, 0.3) is 0 Å². The third-order valence-corrected chi connectivity index (χ3v) is 3.47. The summed E-state index contributed by atoms with van der Waals surface area (Å²) in [6, 6.07) is 5.77. The number of hydrogen-bond acceptors (Lipinski definition) is 3. The molecular formula is C12H16BrNOS. The maximum atomic E-state index is 11.5. The molecule has 4 heteroatoms. The van der Waals surface area contributed by atoms with Gasteiger partial charge in [0.05, 0.1) is 0 Å². The number of carbonyl (C=O) groups excluding carboxylic acids is 1. The van der Waals surface area contributed by atoms with Gasteiger partial charge in [-0.3, -0.25) is 4.79 Å². The van der Waals surface area contributed by atoms with Crippen molar-refractivity contribution < 1.29 is 4.79 Å². The molecule has 0 aliphatic heterocycles. The van der Waals surface area contributed by atoms with E-state index in [4.69, 9.17) is 0 Å². The first-order valence-electron chi connectivity index (χ1n) is 5.07. The highest BCUT2D eigenvalue weighted by Gasteiger charge is 2.11. The third-order valence-electron chi connectivity index (χ3n) is 2.38. The van der Waals surface area contributed by atoms with Gasteiger partial charge in [-0.2, -0.15) is 11.8 Å². The molecule has 2 nitrogen and oxygen atoms in total. The predicted molar refractivity (Wildman–Crippen MR) is 75.8 cm³/mol. The van der Waals surface area contributed by atoms with Crippen LogP contribution in [0.25, 0.3) is 0 Å². The minimum absolute atomic E-state index is 0.110. The molecule has 0 heterocycles. The lowest BCUT2D eigenvalue weighted by atomic mass is 10.1. The quantitative estimate of drug-likeness (QED) is 0.777. The average Bonchev–Trinajstić information content (AvgIpc) is 2.25. The largest absolute Gasteiger partial charge is 0.373 e. The Morgan fingerprint density at radius 2 is 2.19 bits per heavy atom. The third kappa shape index (κ3) is 3.52. The van der Waals surface area contributed by atoms with Gasteiger partial charge in [-0.05, 0) is 31.4 Å². The average molecular weight is 302 g/mol. The predicted octanol–water partition coefficient (Wildman–Crippen LogP) is 3.45. The highest BCUT2D eigenvalue weighted by Crippen LogP contribution is 2.25. The molecule has 0 amide bonds. The van der Waals surface area contributed by atoms with E-state index in [-0.39, 0.29) is 5.78 Å². The summed E-state index contributed by atoms with van der Waals surface area (Å²) in [6.45, 7) is 2.55. The number of anilines is 1. The van der Waals surface area contributed by atoms with Crippen molar-refractivity contribution in [2.24, 2.45) is 0 Å². The Hall–Kier alpha value is -0.480. The van der Waals surface area contributed by atoms with Crippen LogP contribution in [0.2, 0.25) is 0 Å². The van der Waals surface area contributed by atoms with Crippen LogP contribution in [0.1, 0.15) is 17.3 Å². The van der Waals surface area contributed by atoms with Gasteiger partial charge < -0.3 is 4.90 Å². The van der Waals surface area contributed by atoms with E-state index < -0.39 is 0 Å². The van der Waals surface area contributed by atoms with E-state index in [0.717, 1.165) is 28.0 Å². The standard InChI is InChI=1S/C12H16BrNOS/c1-9(15)11-5-4-10(13)8-12(11)14(2)6-7-16-3/h4-5,8H,6-7H2,1-3H3. The zero-order chi connectivity index (χ0) is 12.1. The van der Waals surface area contributed by atoms with Gasteiger partial charge in [0, 0.05) is 35.1 Å². The monoisotopic (exact) mass is 301 g/mol. The summed E-state index contributed by atoms with van der Waals surface area (Å²) in [5.74, 6) is 1.17. The second-order valence-corrected chi connectivity index (χ2v) is 5.53. The molecule has 0 atom stereocenters. The van der Waals surface area contributed by atoms with E-state index in [0.29, 0.717) is 0 Å². The Bertz CT molecular complexity index is 381. The number of thioether (sulfide) groups is 1. The van der Waals surface area contributed by atoms with E-state index in [9.17, 15) is 4.79 Å². The lowest BCUT2D eigenvalue weighted by molar-refractivity contribution is 0.101. The zero-order valence-corrected chi connectivity index (χ0v) is 12.2. The van der Waals surface area contributed by atoms with Gasteiger partial charge in [-0.1, -0.05) is 15.9 Å². The van der Waals surface area contributed by atoms with Crippen LogP contribution in [-0.2, 0) is 0 Å². The highest BCUT2D eigenvalue weighted by molar-refractivity contribution is 9.10. The topological polar surface area (TPSA) is 20.3 Å². The molecule has 1 aromatic rings. The van der Waals surface area contributed by atoms with Crippen molar-refractivity contribution in [2.75, 3.05) is 30.5 Å². The number of halogens is 1. The molecule has 1 aromatic carbocycles. The molecule has 0 aliphatic rings. The summed E-state index contributed by atoms with van der Waals surface area (Å²) in [7, 11) is 2.02. The molecule has 0 N–H and O–H groups in total. The van der Waals surface area contributed by atoms with Gasteiger partial charge in [-0.25, -0.2) is 0 Å². The van der Waals surface area contributed by atoms with Crippen LogP contribution in [-0.4, -0.2) is 31.4 Å². The van der Waals surface area contributed by atoms with E-state index in [2.05, 4.69) is 27.1 Å². The van der Waals surface area contributed by atoms with E-state index in [1.165, 1.54) is 0 Å². The Kier molecular flexibility index (Phi) is 5.35. The Morgan fingerprint density at radius 3 is 2.75 bits per heavy atom. The molecule has 0 saturated carbocycles. The molecule has 0 saturated heterocycles. The summed E-state index contributed by atoms with van der Waals surface area (Å²) in [4.78, 5) is 13.6. The van der Waals surface area contributed by atoms with Gasteiger partial charge in [-0.15, -0.1) is 0 Å². The number of carbonyl (C=O) groups is 1. The van der Waals surface area contributed by atoms with Gasteiger partial charge in [0.2, 0.25) is 0 Å². The Balaban J connectivity index is 2.99. The number of hydrogen-bond donors (Lipinski definition) is 0. The first-order chi connectivity index (χ1) is 7.56. The van der Waals surface area contributed by atoms with Crippen molar-refractivity contribution in [3.8, 4) is 0 Å². The maximum absolute atomic E-state index is 11.5. The molecule has 0 fully saturated rings. The summed E-state index contributed by atoms with van der Waals surface area (Å²) in [5, 5.41) is 0. The summed E-state index contributed by atoms with van der Waals surface area (Å²) in [5.41, 5.74) is 1.78. The van der Waals surface area contributed by atoms with Gasteiger partial charge >= 0.3 is 0 Å². The summed E-state index contributed by atoms with van der Waals surface area (Å²) < 4.78 is 1.00. The summed E-state index contributed by atoms with van der Waals surface area (Å²) >= 11 is 5.24. The molecule has 0 aliphatic carbocycles. The van der Waals surface area contributed by atoms with Gasteiger partial charge in [0.15, 0.2) is 5.78 Å². The zero-order valence-electron chi connectivity index (χ0n) is 9.79. The van der Waals surface area contributed by atoms with Crippen molar-refractivity contribution in [3.05, 3.63) is 28.2 Å². The Morgan fingerprint density at radius 1 is 1.50 bits per heavy atom. The molecule has 0 spiro atoms. The number of benzene rings is 1.